The summed E-state index contributed by atoms with van der Waals surface area (Å²) in [5.74, 6) is 0.570. The third-order valence-electron chi connectivity index (χ3n) is 3.11. The van der Waals surface area contributed by atoms with Crippen LogP contribution in [0, 0.1) is 0 Å². The van der Waals surface area contributed by atoms with Crippen LogP contribution in [0.25, 0.3) is 0 Å². The van der Waals surface area contributed by atoms with E-state index in [2.05, 4.69) is 20.3 Å². The first-order valence-electron chi connectivity index (χ1n) is 7.24. The van der Waals surface area contributed by atoms with Crippen LogP contribution >= 0.6 is 35.6 Å². The molecule has 0 amide bonds. The number of nitrogens with zero attached hydrogens (tertiary/aromatic N) is 1. The average Bonchev–Trinajstić information content (AvgIpc) is 2.41. The predicted molar refractivity (Wildman–Crippen MR) is 112 cm³/mol. The molecule has 0 saturated carbocycles. The third-order valence-corrected chi connectivity index (χ3v) is 4.38. The average molecular weight is 489 g/mol. The van der Waals surface area contributed by atoms with Gasteiger partial charge in [0.15, 0.2) is 5.96 Å². The van der Waals surface area contributed by atoms with Gasteiger partial charge in [-0.3, -0.25) is 4.99 Å². The van der Waals surface area contributed by atoms with Gasteiger partial charge < -0.3 is 10.6 Å². The van der Waals surface area contributed by atoms with Gasteiger partial charge in [0.2, 0.25) is 10.0 Å². The minimum atomic E-state index is -3.28. The summed E-state index contributed by atoms with van der Waals surface area (Å²) in [5, 5.41) is 7.04. The largest absolute Gasteiger partial charge is 0.355 e. The molecule has 0 saturated heterocycles. The van der Waals surface area contributed by atoms with Gasteiger partial charge in [-0.05, 0) is 32.4 Å². The van der Waals surface area contributed by atoms with Gasteiger partial charge >= 0.3 is 0 Å². The van der Waals surface area contributed by atoms with Crippen LogP contribution in [0.5, 0.6) is 0 Å². The number of hydrogen-bond acceptors (Lipinski definition) is 3. The Bertz CT molecular complexity index is 665. The van der Waals surface area contributed by atoms with Crippen LogP contribution in [0.4, 0.5) is 0 Å². The zero-order valence-corrected chi connectivity index (χ0v) is 18.5. The molecule has 9 heteroatoms. The van der Waals surface area contributed by atoms with Crippen LogP contribution in [0.3, 0.4) is 0 Å². The van der Waals surface area contributed by atoms with Crippen molar-refractivity contribution in [2.75, 3.05) is 19.8 Å². The fraction of sp³-hybridized carbons (Fsp3) is 0.533. The van der Waals surface area contributed by atoms with E-state index in [-0.39, 0.29) is 30.0 Å². The van der Waals surface area contributed by atoms with E-state index in [4.69, 9.17) is 11.6 Å². The van der Waals surface area contributed by atoms with Gasteiger partial charge in [0, 0.05) is 24.2 Å². The van der Waals surface area contributed by atoms with E-state index < -0.39 is 15.6 Å². The summed E-state index contributed by atoms with van der Waals surface area (Å²) in [6.07, 6.45) is 1.14. The van der Waals surface area contributed by atoms with Crippen molar-refractivity contribution in [3.63, 3.8) is 0 Å². The number of rotatable bonds is 6. The molecule has 1 rings (SSSR count). The second-order valence-electron chi connectivity index (χ2n) is 6.07. The maximum Gasteiger partial charge on any atom is 0.209 e. The van der Waals surface area contributed by atoms with Gasteiger partial charge in [-0.1, -0.05) is 29.8 Å². The lowest BCUT2D eigenvalue weighted by Gasteiger charge is -2.27. The fourth-order valence-electron chi connectivity index (χ4n) is 2.15. The van der Waals surface area contributed by atoms with E-state index in [1.807, 2.05) is 31.2 Å². The number of sulfonamides is 1. The second-order valence-corrected chi connectivity index (χ2v) is 8.23. The molecule has 1 aromatic rings. The highest BCUT2D eigenvalue weighted by atomic mass is 127. The zero-order valence-electron chi connectivity index (χ0n) is 14.6. The Morgan fingerprint density at radius 2 is 1.92 bits per heavy atom. The van der Waals surface area contributed by atoms with Crippen LogP contribution in [0.15, 0.2) is 29.3 Å². The van der Waals surface area contributed by atoms with Crippen molar-refractivity contribution >= 4 is 51.6 Å². The Balaban J connectivity index is 0.00000529. The molecular weight excluding hydrogens is 463 g/mol. The van der Waals surface area contributed by atoms with Crippen LogP contribution in [0.1, 0.15) is 32.4 Å². The first kappa shape index (κ1) is 23.4. The molecule has 24 heavy (non-hydrogen) atoms. The molecule has 3 N–H and O–H groups in total. The molecule has 0 fully saturated rings. The van der Waals surface area contributed by atoms with Crippen LogP contribution < -0.4 is 15.4 Å². The van der Waals surface area contributed by atoms with Gasteiger partial charge in [0.1, 0.15) is 0 Å². The molecule has 0 aliphatic rings. The van der Waals surface area contributed by atoms with E-state index in [9.17, 15) is 8.42 Å². The molecular formula is C15H26ClIN4O2S. The summed E-state index contributed by atoms with van der Waals surface area (Å²) in [4.78, 5) is 4.16. The van der Waals surface area contributed by atoms with Crippen LogP contribution in [-0.4, -0.2) is 39.8 Å². The number of aliphatic imine (C=N–C) groups is 1. The number of benzene rings is 1. The lowest BCUT2D eigenvalue weighted by molar-refractivity contribution is 0.445. The number of guanidine groups is 1. The predicted octanol–water partition coefficient (Wildman–Crippen LogP) is 2.51. The Kier molecular flexibility index (Phi) is 9.55. The van der Waals surface area contributed by atoms with E-state index in [0.717, 1.165) is 11.8 Å². The fourth-order valence-corrected chi connectivity index (χ4v) is 3.52. The van der Waals surface area contributed by atoms with Gasteiger partial charge in [-0.25, -0.2) is 13.1 Å². The summed E-state index contributed by atoms with van der Waals surface area (Å²) < 4.78 is 25.3. The molecule has 0 spiro atoms. The standard InChI is InChI=1S/C15H25ClN4O2S.HI/c1-11(12-8-6-7-9-13(12)16)19-14(17-4)18-10-15(2,3)20-23(5,21)22;/h6-9,11,20H,10H2,1-5H3,(H2,17,18,19);1H. The normalized spacial score (nSPS) is 13.8. The lowest BCUT2D eigenvalue weighted by Crippen LogP contribution is -2.53. The Morgan fingerprint density at radius 3 is 2.42 bits per heavy atom. The highest BCUT2D eigenvalue weighted by Crippen LogP contribution is 2.21. The molecule has 0 aromatic heterocycles. The molecule has 138 valence electrons. The van der Waals surface area contributed by atoms with Crippen molar-refractivity contribution in [2.24, 2.45) is 4.99 Å². The molecule has 1 atom stereocenters. The van der Waals surface area contributed by atoms with Crippen molar-refractivity contribution in [2.45, 2.75) is 32.4 Å². The van der Waals surface area contributed by atoms with E-state index in [0.29, 0.717) is 17.5 Å². The summed E-state index contributed by atoms with van der Waals surface area (Å²) in [7, 11) is -1.62. The topological polar surface area (TPSA) is 82.6 Å². The first-order valence-corrected chi connectivity index (χ1v) is 9.51. The Morgan fingerprint density at radius 1 is 1.33 bits per heavy atom. The smallest absolute Gasteiger partial charge is 0.209 e. The summed E-state index contributed by atoms with van der Waals surface area (Å²) in [6.45, 7) is 5.96. The second kappa shape index (κ2) is 9.79. The molecule has 0 bridgehead atoms. The summed E-state index contributed by atoms with van der Waals surface area (Å²) >= 11 is 6.19. The molecule has 6 nitrogen and oxygen atoms in total. The highest BCUT2D eigenvalue weighted by Gasteiger charge is 2.22. The monoisotopic (exact) mass is 488 g/mol. The minimum Gasteiger partial charge on any atom is -0.355 e. The van der Waals surface area contributed by atoms with E-state index >= 15 is 0 Å². The zero-order chi connectivity index (χ0) is 17.7. The van der Waals surface area contributed by atoms with E-state index in [1.54, 1.807) is 20.9 Å². The Hall–Kier alpha value is -0.580. The van der Waals surface area contributed by atoms with Crippen LogP contribution in [-0.2, 0) is 10.0 Å². The third kappa shape index (κ3) is 8.50. The van der Waals surface area contributed by atoms with Crippen molar-refractivity contribution < 1.29 is 8.42 Å². The van der Waals surface area contributed by atoms with Crippen molar-refractivity contribution in [1.82, 2.24) is 15.4 Å². The highest BCUT2D eigenvalue weighted by molar-refractivity contribution is 14.0. The molecule has 1 aromatic carbocycles. The number of nitrogens with one attached hydrogen (secondary N) is 3. The molecule has 1 unspecified atom stereocenters. The quantitative estimate of drug-likeness (QED) is 0.326. The number of halogens is 2. The first-order chi connectivity index (χ1) is 10.5. The van der Waals surface area contributed by atoms with Crippen molar-refractivity contribution in [1.29, 1.82) is 0 Å². The molecule has 0 heterocycles. The molecule has 0 radical (unpaired) electrons. The molecule has 0 aliphatic carbocycles. The molecule has 0 aliphatic heterocycles. The minimum absolute atomic E-state index is 0. The van der Waals surface area contributed by atoms with E-state index in [1.165, 1.54) is 0 Å². The Labute approximate surface area is 166 Å². The maximum atomic E-state index is 11.4. The summed E-state index contributed by atoms with van der Waals surface area (Å²) in [6, 6.07) is 7.55. The SMILES string of the molecule is CN=C(NCC(C)(C)NS(C)(=O)=O)NC(C)c1ccccc1Cl.I. The van der Waals surface area contributed by atoms with Crippen molar-refractivity contribution in [3.05, 3.63) is 34.9 Å². The number of hydrogen-bond donors (Lipinski definition) is 3. The maximum absolute atomic E-state index is 11.4. The van der Waals surface area contributed by atoms with Crippen molar-refractivity contribution in [3.8, 4) is 0 Å². The summed E-state index contributed by atoms with van der Waals surface area (Å²) in [5.41, 5.74) is 0.324. The van der Waals surface area contributed by atoms with Crippen LogP contribution in [0.2, 0.25) is 5.02 Å². The van der Waals surface area contributed by atoms with Gasteiger partial charge in [-0.15, -0.1) is 24.0 Å². The van der Waals surface area contributed by atoms with Gasteiger partial charge in [0.25, 0.3) is 0 Å². The lowest BCUT2D eigenvalue weighted by atomic mass is 10.1. The van der Waals surface area contributed by atoms with Gasteiger partial charge in [-0.2, -0.15) is 0 Å². The van der Waals surface area contributed by atoms with Gasteiger partial charge in [0.05, 0.1) is 12.3 Å².